The van der Waals surface area contributed by atoms with E-state index < -0.39 is 73.3 Å². The molecule has 272 valence electrons. The molecule has 0 spiro atoms. The van der Waals surface area contributed by atoms with Gasteiger partial charge in [0.1, 0.15) is 5.60 Å². The third kappa shape index (κ3) is 8.81. The summed E-state index contributed by atoms with van der Waals surface area (Å²) in [6.45, 7) is 6.91. The molecule has 3 aliphatic rings. The van der Waals surface area contributed by atoms with Crippen LogP contribution in [-0.2, 0) is 38.1 Å². The highest BCUT2D eigenvalue weighted by Crippen LogP contribution is 2.54. The topological polar surface area (TPSA) is 147 Å². The third-order valence-corrected chi connectivity index (χ3v) is 10.5. The van der Waals surface area contributed by atoms with Crippen LogP contribution in [0.3, 0.4) is 0 Å². The smallest absolute Gasteiger partial charge is 0.444 e. The molecule has 48 heavy (non-hydrogen) atoms. The molecule has 0 radical (unpaired) electrons. The van der Waals surface area contributed by atoms with Crippen molar-refractivity contribution in [3.8, 4) is 0 Å². The van der Waals surface area contributed by atoms with Gasteiger partial charge in [-0.05, 0) is 88.8 Å². The number of anilines is 1. The van der Waals surface area contributed by atoms with Crippen LogP contribution in [0.4, 0.5) is 36.8 Å². The summed E-state index contributed by atoms with van der Waals surface area (Å²) in [6.07, 6.45) is 2.52. The van der Waals surface area contributed by atoms with Crippen LogP contribution in [0.1, 0.15) is 96.9 Å². The number of hydrogen-bond donors (Lipinski definition) is 1. The number of alkyl halides is 6. The second-order valence-electron chi connectivity index (χ2n) is 14.3. The van der Waals surface area contributed by atoms with E-state index >= 15 is 0 Å². The van der Waals surface area contributed by atoms with Gasteiger partial charge in [0, 0.05) is 11.6 Å². The first-order valence-corrected chi connectivity index (χ1v) is 17.8. The lowest BCUT2D eigenvalue weighted by Gasteiger charge is -2.43. The van der Waals surface area contributed by atoms with E-state index in [-0.39, 0.29) is 36.8 Å². The molecule has 1 aliphatic carbocycles. The minimum absolute atomic E-state index is 0.00790. The van der Waals surface area contributed by atoms with E-state index in [4.69, 9.17) is 14.5 Å². The van der Waals surface area contributed by atoms with E-state index in [1.54, 1.807) is 20.8 Å². The number of nitrogens with one attached hydrogen (secondary N) is 1. The van der Waals surface area contributed by atoms with Crippen molar-refractivity contribution in [2.45, 2.75) is 113 Å². The monoisotopic (exact) mass is 736 g/mol. The second kappa shape index (κ2) is 12.7. The van der Waals surface area contributed by atoms with Gasteiger partial charge in [-0.3, -0.25) is 18.7 Å². The molecule has 2 unspecified atom stereocenters. The quantitative estimate of drug-likeness (QED) is 0.161. The zero-order valence-electron chi connectivity index (χ0n) is 26.9. The number of rotatable bonds is 9. The fourth-order valence-electron chi connectivity index (χ4n) is 6.06. The first-order chi connectivity index (χ1) is 21.7. The molecular formula is C29H38F6N2O9S2. The largest absolute Gasteiger partial charge is 0.523 e. The Morgan fingerprint density at radius 3 is 1.88 bits per heavy atom. The zero-order valence-corrected chi connectivity index (χ0v) is 28.5. The van der Waals surface area contributed by atoms with Crippen LogP contribution in [0.25, 0.3) is 5.57 Å². The van der Waals surface area contributed by atoms with Crippen molar-refractivity contribution in [2.24, 2.45) is 5.41 Å². The SMILES string of the molecule is CC1(C)CC=C(c2nc(C3CC4(COS(=O)(=O)C(F)(F)F)CCC(COS(=O)(=O)C(F)(F)F)(C3)O4)ccc2NC(=O)OC(C)(C)C)CC1. The molecule has 1 aromatic heterocycles. The van der Waals surface area contributed by atoms with E-state index in [0.29, 0.717) is 24.2 Å². The molecule has 2 aliphatic heterocycles. The summed E-state index contributed by atoms with van der Waals surface area (Å²) >= 11 is 0. The van der Waals surface area contributed by atoms with Crippen molar-refractivity contribution >= 4 is 37.6 Å². The van der Waals surface area contributed by atoms with E-state index in [2.05, 4.69) is 27.5 Å². The Balaban J connectivity index is 1.73. The lowest BCUT2D eigenvalue weighted by Crippen LogP contribution is -2.49. The first kappa shape index (κ1) is 38.3. The molecule has 1 aromatic rings. The Labute approximate surface area is 275 Å². The minimum Gasteiger partial charge on any atom is -0.444 e. The highest BCUT2D eigenvalue weighted by molar-refractivity contribution is 7.87. The highest BCUT2D eigenvalue weighted by Gasteiger charge is 2.59. The van der Waals surface area contributed by atoms with Gasteiger partial charge in [0.05, 0.1) is 35.8 Å². The van der Waals surface area contributed by atoms with Gasteiger partial charge in [0.15, 0.2) is 0 Å². The number of ether oxygens (including phenoxy) is 2. The maximum Gasteiger partial charge on any atom is 0.523 e. The molecule has 4 rings (SSSR count). The standard InChI is InChI=1S/C29H38F6N2O9S2/c1-24(2,3)45-23(38)37-21-7-6-20(36-22(21)18-8-10-25(4,5)11-9-18)19-14-26(16-43-47(39,40)28(30,31)32)12-13-27(15-19,46-26)17-44-48(41,42)29(33,34)35/h6-8,19H,9-17H2,1-5H3,(H,37,38). The molecule has 11 nitrogen and oxygen atoms in total. The van der Waals surface area contributed by atoms with E-state index in [1.807, 2.05) is 6.08 Å². The number of fused-ring (bicyclic) bond motifs is 2. The number of amides is 1. The molecule has 1 N–H and O–H groups in total. The zero-order chi connectivity index (χ0) is 36.2. The molecule has 2 bridgehead atoms. The summed E-state index contributed by atoms with van der Waals surface area (Å²) in [5, 5.41) is 2.69. The van der Waals surface area contributed by atoms with E-state index in [0.717, 1.165) is 12.0 Å². The molecule has 2 fully saturated rings. The lowest BCUT2D eigenvalue weighted by molar-refractivity contribution is -0.173. The maximum absolute atomic E-state index is 13.1. The van der Waals surface area contributed by atoms with Crippen molar-refractivity contribution in [3.05, 3.63) is 29.6 Å². The number of hydrogen-bond acceptors (Lipinski definition) is 10. The fraction of sp³-hybridized carbons (Fsp3) is 0.724. The van der Waals surface area contributed by atoms with Gasteiger partial charge >= 0.3 is 37.3 Å². The number of pyridine rings is 1. The van der Waals surface area contributed by atoms with E-state index in [9.17, 15) is 48.0 Å². The molecule has 0 saturated carbocycles. The predicted octanol–water partition coefficient (Wildman–Crippen LogP) is 6.92. The van der Waals surface area contributed by atoms with Crippen molar-refractivity contribution in [1.29, 1.82) is 0 Å². The molecule has 0 aromatic carbocycles. The Bertz CT molecular complexity index is 1590. The average Bonchev–Trinajstić information content (AvgIpc) is 3.19. The van der Waals surface area contributed by atoms with Crippen LogP contribution in [0, 0.1) is 5.41 Å². The summed E-state index contributed by atoms with van der Waals surface area (Å²) < 4.78 is 145. The molecule has 2 saturated heterocycles. The van der Waals surface area contributed by atoms with Gasteiger partial charge < -0.3 is 9.47 Å². The van der Waals surface area contributed by atoms with Crippen molar-refractivity contribution in [2.75, 3.05) is 18.5 Å². The summed E-state index contributed by atoms with van der Waals surface area (Å²) in [6, 6.07) is 3.04. The van der Waals surface area contributed by atoms with Gasteiger partial charge in [-0.2, -0.15) is 43.2 Å². The van der Waals surface area contributed by atoms with Gasteiger partial charge in [-0.25, -0.2) is 4.79 Å². The van der Waals surface area contributed by atoms with Crippen LogP contribution >= 0.6 is 0 Å². The third-order valence-electron chi connectivity index (χ3n) is 8.47. The van der Waals surface area contributed by atoms with Crippen LogP contribution in [0.2, 0.25) is 0 Å². The number of allylic oxidation sites excluding steroid dienone is 2. The van der Waals surface area contributed by atoms with Crippen LogP contribution in [0.15, 0.2) is 18.2 Å². The minimum atomic E-state index is -6.08. The van der Waals surface area contributed by atoms with Gasteiger partial charge in [-0.15, -0.1) is 0 Å². The first-order valence-electron chi connectivity index (χ1n) is 15.0. The fourth-order valence-corrected chi connectivity index (χ4v) is 7.07. The van der Waals surface area contributed by atoms with Crippen LogP contribution < -0.4 is 5.32 Å². The van der Waals surface area contributed by atoms with Crippen LogP contribution in [0.5, 0.6) is 0 Å². The molecular weight excluding hydrogens is 698 g/mol. The molecule has 2 atom stereocenters. The average molecular weight is 737 g/mol. The van der Waals surface area contributed by atoms with Crippen LogP contribution in [-0.4, -0.2) is 68.9 Å². The Kier molecular flexibility index (Phi) is 10.1. The Morgan fingerprint density at radius 1 is 0.917 bits per heavy atom. The lowest BCUT2D eigenvalue weighted by atomic mass is 9.77. The maximum atomic E-state index is 13.1. The summed E-state index contributed by atoms with van der Waals surface area (Å²) in [5.41, 5.74) is -14.2. The highest BCUT2D eigenvalue weighted by atomic mass is 32.2. The number of nitrogens with zero attached hydrogens (tertiary/aromatic N) is 1. The molecule has 1 amide bonds. The normalized spacial score (nSPS) is 26.6. The molecule has 19 heteroatoms. The number of carbonyl (C=O) groups is 1. The van der Waals surface area contributed by atoms with Gasteiger partial charge in [-0.1, -0.05) is 19.9 Å². The predicted molar refractivity (Wildman–Crippen MR) is 159 cm³/mol. The van der Waals surface area contributed by atoms with Gasteiger partial charge in [0.25, 0.3) is 0 Å². The second-order valence-corrected chi connectivity index (χ2v) is 17.5. The van der Waals surface area contributed by atoms with Gasteiger partial charge in [0.2, 0.25) is 0 Å². The number of halogens is 6. The van der Waals surface area contributed by atoms with Crippen molar-refractivity contribution in [3.63, 3.8) is 0 Å². The summed E-state index contributed by atoms with van der Waals surface area (Å²) in [5.74, 6) is -0.800. The summed E-state index contributed by atoms with van der Waals surface area (Å²) in [4.78, 5) is 17.5. The Morgan fingerprint density at radius 2 is 1.44 bits per heavy atom. The Hall–Kier alpha value is -2.48. The number of aromatic nitrogens is 1. The van der Waals surface area contributed by atoms with E-state index in [1.165, 1.54) is 12.1 Å². The number of carbonyl (C=O) groups excluding carboxylic acids is 1. The molecule has 3 heterocycles. The summed E-state index contributed by atoms with van der Waals surface area (Å²) in [7, 11) is -12.2. The van der Waals surface area contributed by atoms with Crippen molar-refractivity contribution < 1.29 is 65.8 Å². The van der Waals surface area contributed by atoms with Crippen molar-refractivity contribution in [1.82, 2.24) is 4.98 Å².